The summed E-state index contributed by atoms with van der Waals surface area (Å²) in [4.78, 5) is 16.1. The zero-order valence-corrected chi connectivity index (χ0v) is 10.0. The number of halogens is 1. The Morgan fingerprint density at radius 2 is 2.11 bits per heavy atom. The van der Waals surface area contributed by atoms with Crippen LogP contribution in [0.25, 0.3) is 11.0 Å². The molecule has 0 amide bonds. The number of ketones is 1. The highest BCUT2D eigenvalue weighted by Crippen LogP contribution is 2.27. The summed E-state index contributed by atoms with van der Waals surface area (Å²) >= 11 is 6.00. The minimum atomic E-state index is -0.199. The monoisotopic (exact) mass is 257 g/mol. The fourth-order valence-electron chi connectivity index (χ4n) is 1.78. The van der Waals surface area contributed by atoms with E-state index in [9.17, 15) is 4.79 Å². The van der Waals surface area contributed by atoms with Crippen LogP contribution in [0.5, 0.6) is 0 Å². The van der Waals surface area contributed by atoms with Crippen molar-refractivity contribution < 1.29 is 9.21 Å². The molecule has 0 aliphatic heterocycles. The number of furan rings is 1. The number of aromatic nitrogens is 1. The second kappa shape index (κ2) is 4.27. The molecule has 0 radical (unpaired) electrons. The Balaban J connectivity index is 2.10. The third-order valence-corrected chi connectivity index (χ3v) is 2.94. The molecule has 0 bridgehead atoms. The lowest BCUT2D eigenvalue weighted by Gasteiger charge is -1.95. The van der Waals surface area contributed by atoms with Crippen molar-refractivity contribution in [1.29, 1.82) is 0 Å². The molecule has 0 fully saturated rings. The predicted octanol–water partition coefficient (Wildman–Crippen LogP) is 3.71. The quantitative estimate of drug-likeness (QED) is 0.657. The van der Waals surface area contributed by atoms with Gasteiger partial charge in [-0.1, -0.05) is 23.7 Å². The van der Waals surface area contributed by atoms with Gasteiger partial charge >= 0.3 is 0 Å². The smallest absolute Gasteiger partial charge is 0.229 e. The van der Waals surface area contributed by atoms with Gasteiger partial charge in [0.25, 0.3) is 0 Å². The van der Waals surface area contributed by atoms with Crippen LogP contribution in [0.2, 0.25) is 5.02 Å². The Morgan fingerprint density at radius 3 is 2.83 bits per heavy atom. The molecule has 3 nitrogen and oxygen atoms in total. The fourth-order valence-corrected chi connectivity index (χ4v) is 2.00. The van der Waals surface area contributed by atoms with Crippen molar-refractivity contribution in [3.63, 3.8) is 0 Å². The van der Waals surface area contributed by atoms with Crippen LogP contribution in [0.4, 0.5) is 0 Å². The maximum absolute atomic E-state index is 12.2. The van der Waals surface area contributed by atoms with Crippen molar-refractivity contribution in [2.24, 2.45) is 0 Å². The number of carbonyl (C=O) groups is 1. The highest BCUT2D eigenvalue weighted by atomic mass is 35.5. The van der Waals surface area contributed by atoms with E-state index >= 15 is 0 Å². The first-order valence-corrected chi connectivity index (χ1v) is 5.76. The number of carbonyl (C=O) groups excluding carboxylic acids is 1. The fraction of sp³-hybridized carbons (Fsp3) is 0. The standard InChI is InChI=1S/C14H8ClNO2/c15-11-5-1-3-9-7-12(18-14(9)11)13(17)10-4-2-6-16-8-10/h1-8H. The van der Waals surface area contributed by atoms with E-state index in [1.54, 1.807) is 30.5 Å². The van der Waals surface area contributed by atoms with E-state index in [-0.39, 0.29) is 11.5 Å². The molecule has 88 valence electrons. The molecule has 2 aromatic heterocycles. The molecule has 0 aliphatic carbocycles. The molecule has 2 heterocycles. The number of hydrogen-bond acceptors (Lipinski definition) is 3. The Labute approximate surface area is 108 Å². The molecule has 0 spiro atoms. The van der Waals surface area contributed by atoms with Crippen molar-refractivity contribution in [3.8, 4) is 0 Å². The van der Waals surface area contributed by atoms with Crippen molar-refractivity contribution in [1.82, 2.24) is 4.98 Å². The van der Waals surface area contributed by atoms with Gasteiger partial charge < -0.3 is 4.42 Å². The first-order chi connectivity index (χ1) is 8.75. The van der Waals surface area contributed by atoms with Gasteiger partial charge in [-0.15, -0.1) is 0 Å². The summed E-state index contributed by atoms with van der Waals surface area (Å²) in [5.41, 5.74) is 1.03. The second-order valence-electron chi connectivity index (χ2n) is 3.84. The van der Waals surface area contributed by atoms with Gasteiger partial charge in [0.15, 0.2) is 11.3 Å². The van der Waals surface area contributed by atoms with Crippen molar-refractivity contribution >= 4 is 28.4 Å². The highest BCUT2D eigenvalue weighted by Gasteiger charge is 2.15. The number of fused-ring (bicyclic) bond motifs is 1. The van der Waals surface area contributed by atoms with Gasteiger partial charge in [-0.2, -0.15) is 0 Å². The van der Waals surface area contributed by atoms with Gasteiger partial charge in [0.05, 0.1) is 5.02 Å². The minimum absolute atomic E-state index is 0.199. The van der Waals surface area contributed by atoms with Gasteiger partial charge in [0.2, 0.25) is 5.78 Å². The van der Waals surface area contributed by atoms with Crippen LogP contribution in [-0.4, -0.2) is 10.8 Å². The SMILES string of the molecule is O=C(c1cccnc1)c1cc2cccc(Cl)c2o1. The van der Waals surface area contributed by atoms with Gasteiger partial charge in [0.1, 0.15) is 0 Å². The maximum Gasteiger partial charge on any atom is 0.229 e. The summed E-state index contributed by atoms with van der Waals surface area (Å²) < 4.78 is 5.51. The Morgan fingerprint density at radius 1 is 1.22 bits per heavy atom. The van der Waals surface area contributed by atoms with Gasteiger partial charge in [0, 0.05) is 23.3 Å². The number of nitrogens with zero attached hydrogens (tertiary/aromatic N) is 1. The van der Waals surface area contributed by atoms with Gasteiger partial charge in [-0.05, 0) is 24.3 Å². The minimum Gasteiger partial charge on any atom is -0.451 e. The summed E-state index contributed by atoms with van der Waals surface area (Å²) in [7, 11) is 0. The van der Waals surface area contributed by atoms with Crippen molar-refractivity contribution in [2.45, 2.75) is 0 Å². The maximum atomic E-state index is 12.2. The van der Waals surface area contributed by atoms with E-state index in [0.717, 1.165) is 5.39 Å². The number of hydrogen-bond donors (Lipinski definition) is 0. The Bertz CT molecular complexity index is 719. The number of para-hydroxylation sites is 1. The number of rotatable bonds is 2. The summed E-state index contributed by atoms with van der Waals surface area (Å²) in [5, 5.41) is 1.31. The van der Waals surface area contributed by atoms with Crippen LogP contribution in [0, 0.1) is 0 Å². The molecule has 18 heavy (non-hydrogen) atoms. The summed E-state index contributed by atoms with van der Waals surface area (Å²) in [6.07, 6.45) is 3.13. The molecule has 1 aromatic carbocycles. The lowest BCUT2D eigenvalue weighted by Crippen LogP contribution is -1.99. The summed E-state index contributed by atoms with van der Waals surface area (Å²) in [6, 6.07) is 10.5. The molecular weight excluding hydrogens is 250 g/mol. The van der Waals surface area contributed by atoms with Crippen LogP contribution < -0.4 is 0 Å². The van der Waals surface area contributed by atoms with E-state index < -0.39 is 0 Å². The molecule has 4 heteroatoms. The third-order valence-electron chi connectivity index (χ3n) is 2.64. The Hall–Kier alpha value is -2.13. The lowest BCUT2D eigenvalue weighted by atomic mass is 10.1. The summed E-state index contributed by atoms with van der Waals surface area (Å²) in [6.45, 7) is 0. The first-order valence-electron chi connectivity index (χ1n) is 5.38. The van der Waals surface area contributed by atoms with E-state index in [1.807, 2.05) is 12.1 Å². The van der Waals surface area contributed by atoms with Crippen LogP contribution in [0.15, 0.2) is 53.2 Å². The largest absolute Gasteiger partial charge is 0.451 e. The first kappa shape index (κ1) is 11.0. The number of benzene rings is 1. The van der Waals surface area contributed by atoms with Gasteiger partial charge in [-0.3, -0.25) is 9.78 Å². The average Bonchev–Trinajstić information content (AvgIpc) is 2.84. The van der Waals surface area contributed by atoms with Crippen LogP contribution >= 0.6 is 11.6 Å². The molecular formula is C14H8ClNO2. The van der Waals surface area contributed by atoms with Crippen molar-refractivity contribution in [2.75, 3.05) is 0 Å². The van der Waals surface area contributed by atoms with E-state index in [4.69, 9.17) is 16.0 Å². The van der Waals surface area contributed by atoms with E-state index in [1.165, 1.54) is 6.20 Å². The predicted molar refractivity (Wildman–Crippen MR) is 68.9 cm³/mol. The molecule has 0 N–H and O–H groups in total. The zero-order valence-electron chi connectivity index (χ0n) is 9.26. The molecule has 3 rings (SSSR count). The van der Waals surface area contributed by atoms with Crippen LogP contribution in [0.1, 0.15) is 16.1 Å². The van der Waals surface area contributed by atoms with Crippen LogP contribution in [0.3, 0.4) is 0 Å². The number of pyridine rings is 1. The molecule has 0 atom stereocenters. The van der Waals surface area contributed by atoms with Crippen LogP contribution in [-0.2, 0) is 0 Å². The molecule has 3 aromatic rings. The molecule has 0 unspecified atom stereocenters. The lowest BCUT2D eigenvalue weighted by molar-refractivity contribution is 0.101. The van der Waals surface area contributed by atoms with Crippen molar-refractivity contribution in [3.05, 3.63) is 65.1 Å². The highest BCUT2D eigenvalue weighted by molar-refractivity contribution is 6.35. The molecule has 0 saturated heterocycles. The topological polar surface area (TPSA) is 43.1 Å². The van der Waals surface area contributed by atoms with E-state index in [2.05, 4.69) is 4.98 Å². The third kappa shape index (κ3) is 1.79. The second-order valence-corrected chi connectivity index (χ2v) is 4.25. The normalized spacial score (nSPS) is 10.7. The van der Waals surface area contributed by atoms with Gasteiger partial charge in [-0.25, -0.2) is 0 Å². The summed E-state index contributed by atoms with van der Waals surface area (Å²) in [5.74, 6) is 0.0708. The molecule has 0 aliphatic rings. The van der Waals surface area contributed by atoms with E-state index in [0.29, 0.717) is 16.2 Å². The Kier molecular flexibility index (Phi) is 2.61. The zero-order chi connectivity index (χ0) is 12.5. The molecule has 0 saturated carbocycles. The average molecular weight is 258 g/mol.